The van der Waals surface area contributed by atoms with E-state index in [9.17, 15) is 9.59 Å². The van der Waals surface area contributed by atoms with Gasteiger partial charge in [0.25, 0.3) is 0 Å². The molecule has 0 spiro atoms. The van der Waals surface area contributed by atoms with Crippen LogP contribution in [0.15, 0.2) is 29.8 Å². The first-order chi connectivity index (χ1) is 8.30. The largest absolute Gasteiger partial charge is 0.478 e. The number of carbonyl (C=O) groups excluding carboxylic acids is 1. The van der Waals surface area contributed by atoms with Crippen LogP contribution in [0.25, 0.3) is 0 Å². The van der Waals surface area contributed by atoms with Crippen molar-refractivity contribution in [2.75, 3.05) is 0 Å². The van der Waals surface area contributed by atoms with E-state index in [1.807, 2.05) is 18.2 Å². The van der Waals surface area contributed by atoms with Gasteiger partial charge >= 0.3 is 5.97 Å². The Morgan fingerprint density at radius 3 is 2.50 bits per heavy atom. The lowest BCUT2D eigenvalue weighted by molar-refractivity contribution is -0.132. The van der Waals surface area contributed by atoms with E-state index in [1.165, 1.54) is 6.08 Å². The van der Waals surface area contributed by atoms with Crippen molar-refractivity contribution in [1.82, 2.24) is 0 Å². The van der Waals surface area contributed by atoms with Crippen molar-refractivity contribution in [3.05, 3.63) is 46.5 Å². The van der Waals surface area contributed by atoms with Gasteiger partial charge in [0.1, 0.15) is 5.57 Å². The molecule has 0 saturated carbocycles. The zero-order valence-corrected chi connectivity index (χ0v) is 10.8. The molecule has 1 aromatic rings. The summed E-state index contributed by atoms with van der Waals surface area (Å²) in [5.41, 5.74) is 2.30. The number of hydrogen-bond acceptors (Lipinski definition) is 2. The molecule has 1 aromatic carbocycles. The minimum Gasteiger partial charge on any atom is -0.478 e. The highest BCUT2D eigenvalue weighted by molar-refractivity contribution is 6.25. The fourth-order valence-electron chi connectivity index (χ4n) is 2.07. The molecule has 1 N–H and O–H groups in total. The Morgan fingerprint density at radius 1 is 1.28 bits per heavy atom. The van der Waals surface area contributed by atoms with Gasteiger partial charge in [0, 0.05) is 5.56 Å². The normalized spacial score (nSPS) is 15.1. The Kier molecular flexibility index (Phi) is 2.85. The second-order valence-corrected chi connectivity index (χ2v) is 5.58. The van der Waals surface area contributed by atoms with Crippen LogP contribution in [0.4, 0.5) is 0 Å². The van der Waals surface area contributed by atoms with Gasteiger partial charge in [-0.05, 0) is 29.0 Å². The first kappa shape index (κ1) is 12.6. The maximum Gasteiger partial charge on any atom is 0.339 e. The Labute approximate surface area is 106 Å². The molecule has 3 nitrogen and oxygen atoms in total. The number of hydrogen-bond donors (Lipinski definition) is 1. The standard InChI is InChI=1S/C15H16O3/c1-15(2,3)10-6-4-9-5-7-11(14(17)18)13(16)12(9)8-10/h4,6-8H,5H2,1-3H3,(H,17,18). The molecule has 94 valence electrons. The zero-order chi connectivity index (χ0) is 13.5. The first-order valence-electron chi connectivity index (χ1n) is 5.92. The third kappa shape index (κ3) is 2.08. The monoisotopic (exact) mass is 244 g/mol. The Morgan fingerprint density at radius 2 is 1.94 bits per heavy atom. The van der Waals surface area contributed by atoms with Crippen molar-refractivity contribution in [2.24, 2.45) is 0 Å². The molecule has 0 bridgehead atoms. The lowest BCUT2D eigenvalue weighted by Crippen LogP contribution is -2.20. The second kappa shape index (κ2) is 4.09. The van der Waals surface area contributed by atoms with Crippen LogP contribution >= 0.6 is 0 Å². The molecule has 0 aromatic heterocycles. The van der Waals surface area contributed by atoms with Gasteiger partial charge in [0.15, 0.2) is 5.78 Å². The number of carbonyl (C=O) groups is 2. The van der Waals surface area contributed by atoms with Crippen LogP contribution in [-0.4, -0.2) is 16.9 Å². The van der Waals surface area contributed by atoms with E-state index in [2.05, 4.69) is 20.8 Å². The Hall–Kier alpha value is -1.90. The van der Waals surface area contributed by atoms with Gasteiger partial charge < -0.3 is 5.11 Å². The zero-order valence-electron chi connectivity index (χ0n) is 10.8. The third-order valence-corrected chi connectivity index (χ3v) is 3.22. The number of carboxylic acid groups (broad SMARTS) is 1. The van der Waals surface area contributed by atoms with Crippen LogP contribution in [0.1, 0.15) is 42.3 Å². The van der Waals surface area contributed by atoms with Gasteiger partial charge in [0.05, 0.1) is 0 Å². The van der Waals surface area contributed by atoms with E-state index in [0.717, 1.165) is 11.1 Å². The molecular weight excluding hydrogens is 228 g/mol. The number of benzene rings is 1. The summed E-state index contributed by atoms with van der Waals surface area (Å²) in [6, 6.07) is 5.75. The summed E-state index contributed by atoms with van der Waals surface area (Å²) in [7, 11) is 0. The van der Waals surface area contributed by atoms with Crippen LogP contribution < -0.4 is 0 Å². The van der Waals surface area contributed by atoms with Gasteiger partial charge in [-0.2, -0.15) is 0 Å². The number of aliphatic carboxylic acids is 1. The van der Waals surface area contributed by atoms with Crippen LogP contribution in [0.2, 0.25) is 0 Å². The van der Waals surface area contributed by atoms with Crippen LogP contribution in [0.5, 0.6) is 0 Å². The van der Waals surface area contributed by atoms with E-state index in [1.54, 1.807) is 0 Å². The Balaban J connectivity index is 2.51. The molecule has 0 unspecified atom stereocenters. The maximum atomic E-state index is 12.1. The minimum atomic E-state index is -1.15. The van der Waals surface area contributed by atoms with Gasteiger partial charge in [0.2, 0.25) is 0 Å². The van der Waals surface area contributed by atoms with E-state index >= 15 is 0 Å². The van der Waals surface area contributed by atoms with Crippen molar-refractivity contribution in [3.63, 3.8) is 0 Å². The van der Waals surface area contributed by atoms with Crippen LogP contribution in [0.3, 0.4) is 0 Å². The number of allylic oxidation sites excluding steroid dienone is 1. The predicted molar refractivity (Wildman–Crippen MR) is 68.9 cm³/mol. The molecule has 3 heteroatoms. The SMILES string of the molecule is CC(C)(C)c1ccc2c(c1)C(=O)C(C(=O)O)=CC2. The number of ketones is 1. The van der Waals surface area contributed by atoms with Crippen molar-refractivity contribution in [3.8, 4) is 0 Å². The number of fused-ring (bicyclic) bond motifs is 1. The predicted octanol–water partition coefficient (Wildman–Crippen LogP) is 2.73. The average molecular weight is 244 g/mol. The van der Waals surface area contributed by atoms with Gasteiger partial charge in [-0.3, -0.25) is 4.79 Å². The first-order valence-corrected chi connectivity index (χ1v) is 5.92. The molecule has 0 radical (unpaired) electrons. The molecule has 1 aliphatic rings. The van der Waals surface area contributed by atoms with E-state index in [4.69, 9.17) is 5.11 Å². The third-order valence-electron chi connectivity index (χ3n) is 3.22. The fourth-order valence-corrected chi connectivity index (χ4v) is 2.07. The molecular formula is C15H16O3. The molecule has 2 rings (SSSR count). The van der Waals surface area contributed by atoms with Crippen molar-refractivity contribution in [1.29, 1.82) is 0 Å². The quantitative estimate of drug-likeness (QED) is 0.773. The highest BCUT2D eigenvalue weighted by Gasteiger charge is 2.26. The minimum absolute atomic E-state index is 0.0557. The second-order valence-electron chi connectivity index (χ2n) is 5.58. The molecule has 18 heavy (non-hydrogen) atoms. The van der Waals surface area contributed by atoms with E-state index in [-0.39, 0.29) is 16.8 Å². The van der Waals surface area contributed by atoms with Crippen molar-refractivity contribution in [2.45, 2.75) is 32.6 Å². The topological polar surface area (TPSA) is 54.4 Å². The Bertz CT molecular complexity index is 560. The molecule has 0 saturated heterocycles. The maximum absolute atomic E-state index is 12.1. The lowest BCUT2D eigenvalue weighted by atomic mass is 9.82. The molecule has 1 aliphatic carbocycles. The number of Topliss-reactive ketones (excluding diaryl/α,β-unsaturated/α-hetero) is 1. The summed E-state index contributed by atoms with van der Waals surface area (Å²) < 4.78 is 0. The lowest BCUT2D eigenvalue weighted by Gasteiger charge is -2.22. The van der Waals surface area contributed by atoms with Crippen molar-refractivity contribution >= 4 is 11.8 Å². The number of carboxylic acids is 1. The van der Waals surface area contributed by atoms with Crippen LogP contribution in [-0.2, 0) is 16.6 Å². The van der Waals surface area contributed by atoms with E-state index < -0.39 is 5.97 Å². The van der Waals surface area contributed by atoms with Gasteiger partial charge in [-0.15, -0.1) is 0 Å². The highest BCUT2D eigenvalue weighted by atomic mass is 16.4. The van der Waals surface area contributed by atoms with Crippen LogP contribution in [0, 0.1) is 0 Å². The highest BCUT2D eigenvalue weighted by Crippen LogP contribution is 2.28. The molecule has 0 atom stereocenters. The van der Waals surface area contributed by atoms with E-state index in [0.29, 0.717) is 12.0 Å². The van der Waals surface area contributed by atoms with Gasteiger partial charge in [-0.1, -0.05) is 39.0 Å². The summed E-state index contributed by atoms with van der Waals surface area (Å²) >= 11 is 0. The smallest absolute Gasteiger partial charge is 0.339 e. The molecule has 0 amide bonds. The van der Waals surface area contributed by atoms with Gasteiger partial charge in [-0.25, -0.2) is 4.79 Å². The molecule has 0 fully saturated rings. The molecule has 0 heterocycles. The number of rotatable bonds is 1. The summed E-state index contributed by atoms with van der Waals surface area (Å²) in [4.78, 5) is 23.1. The summed E-state index contributed by atoms with van der Waals surface area (Å²) in [6.45, 7) is 6.20. The fraction of sp³-hybridized carbons (Fsp3) is 0.333. The summed E-state index contributed by atoms with van der Waals surface area (Å²) in [6.07, 6.45) is 2.00. The summed E-state index contributed by atoms with van der Waals surface area (Å²) in [5.74, 6) is -1.53. The summed E-state index contributed by atoms with van der Waals surface area (Å²) in [5, 5.41) is 8.97. The molecule has 0 aliphatic heterocycles. The van der Waals surface area contributed by atoms with Crippen molar-refractivity contribution < 1.29 is 14.7 Å². The average Bonchev–Trinajstić information content (AvgIpc) is 2.27.